The van der Waals surface area contributed by atoms with Crippen LogP contribution in [0.25, 0.3) is 0 Å². The van der Waals surface area contributed by atoms with Crippen LogP contribution in [0.3, 0.4) is 0 Å². The van der Waals surface area contributed by atoms with Crippen molar-refractivity contribution in [3.05, 3.63) is 0 Å². The number of ketones is 1. The van der Waals surface area contributed by atoms with E-state index < -0.39 is 0 Å². The van der Waals surface area contributed by atoms with Crippen LogP contribution in [-0.4, -0.2) is 43.9 Å². The Kier molecular flexibility index (Phi) is 34.7. The molecule has 0 aliphatic heterocycles. The van der Waals surface area contributed by atoms with Gasteiger partial charge in [0.15, 0.2) is 0 Å². The number of hydrogen-bond donors (Lipinski definition) is 0. The molecule has 4 nitrogen and oxygen atoms in total. The molecular weight excluding hydrogens is 566 g/mol. The van der Waals surface area contributed by atoms with Crippen LogP contribution in [0.2, 0.25) is 0 Å². The van der Waals surface area contributed by atoms with Crippen LogP contribution in [0.15, 0.2) is 0 Å². The Morgan fingerprint density at radius 3 is 1.35 bits per heavy atom. The van der Waals surface area contributed by atoms with Crippen molar-refractivity contribution in [3.63, 3.8) is 0 Å². The van der Waals surface area contributed by atoms with Gasteiger partial charge in [-0.2, -0.15) is 0 Å². The van der Waals surface area contributed by atoms with E-state index in [1.807, 2.05) is 0 Å². The summed E-state index contributed by atoms with van der Waals surface area (Å²) in [5.41, 5.74) is 0. The highest BCUT2D eigenvalue weighted by Crippen LogP contribution is 2.24. The number of Topliss-reactive ketones (excluding diaryl/α,β-unsaturated/α-hetero) is 1. The first-order chi connectivity index (χ1) is 22.4. The lowest BCUT2D eigenvalue weighted by atomic mass is 9.89. The highest BCUT2D eigenvalue weighted by molar-refractivity contribution is 5.78. The third kappa shape index (κ3) is 33.0. The van der Waals surface area contributed by atoms with Crippen molar-refractivity contribution in [2.24, 2.45) is 11.8 Å². The summed E-state index contributed by atoms with van der Waals surface area (Å²) in [4.78, 5) is 27.4. The average molecular weight is 650 g/mol. The molecule has 46 heavy (non-hydrogen) atoms. The highest BCUT2D eigenvalue weighted by Gasteiger charge is 2.15. The number of carbonyl (C=O) groups is 2. The zero-order chi connectivity index (χ0) is 33.9. The second-order valence-corrected chi connectivity index (χ2v) is 15.0. The molecule has 0 heterocycles. The first-order valence-corrected chi connectivity index (χ1v) is 20.7. The second kappa shape index (κ2) is 35.4. The number of unbranched alkanes of at least 4 members (excludes halogenated alkanes) is 18. The highest BCUT2D eigenvalue weighted by atomic mass is 16.5. The van der Waals surface area contributed by atoms with Gasteiger partial charge >= 0.3 is 5.97 Å². The Bertz CT molecular complexity index is 633. The molecular formula is C42H83NO3. The molecule has 0 N–H and O–H groups in total. The summed E-state index contributed by atoms with van der Waals surface area (Å²) >= 11 is 0. The average Bonchev–Trinajstić information content (AvgIpc) is 3.03. The van der Waals surface area contributed by atoms with Crippen molar-refractivity contribution in [3.8, 4) is 0 Å². The van der Waals surface area contributed by atoms with Crippen molar-refractivity contribution in [1.29, 1.82) is 0 Å². The smallest absolute Gasteiger partial charge is 0.305 e. The molecule has 0 aromatic rings. The van der Waals surface area contributed by atoms with E-state index in [1.54, 1.807) is 0 Å². The van der Waals surface area contributed by atoms with Gasteiger partial charge in [-0.3, -0.25) is 9.59 Å². The lowest BCUT2D eigenvalue weighted by Gasteiger charge is -2.17. The van der Waals surface area contributed by atoms with Crippen LogP contribution in [0, 0.1) is 11.8 Å². The monoisotopic (exact) mass is 650 g/mol. The van der Waals surface area contributed by atoms with E-state index in [2.05, 4.69) is 39.8 Å². The number of esters is 1. The molecule has 1 unspecified atom stereocenters. The van der Waals surface area contributed by atoms with Gasteiger partial charge in [0.1, 0.15) is 5.78 Å². The van der Waals surface area contributed by atoms with Gasteiger partial charge in [-0.25, -0.2) is 0 Å². The first-order valence-electron chi connectivity index (χ1n) is 20.7. The largest absolute Gasteiger partial charge is 0.466 e. The van der Waals surface area contributed by atoms with Gasteiger partial charge < -0.3 is 9.64 Å². The fourth-order valence-electron chi connectivity index (χ4n) is 6.91. The molecule has 0 aromatic heterocycles. The van der Waals surface area contributed by atoms with Crippen LogP contribution >= 0.6 is 0 Å². The van der Waals surface area contributed by atoms with E-state index >= 15 is 0 Å². The van der Waals surface area contributed by atoms with Crippen LogP contribution in [0.4, 0.5) is 0 Å². The summed E-state index contributed by atoms with van der Waals surface area (Å²) in [6, 6.07) is 0. The molecule has 0 aromatic carbocycles. The van der Waals surface area contributed by atoms with Gasteiger partial charge in [-0.15, -0.1) is 0 Å². The van der Waals surface area contributed by atoms with Gasteiger partial charge in [0.05, 0.1) is 6.61 Å². The molecule has 0 fully saturated rings. The molecule has 0 aliphatic carbocycles. The van der Waals surface area contributed by atoms with E-state index in [4.69, 9.17) is 4.74 Å². The van der Waals surface area contributed by atoms with E-state index in [0.717, 1.165) is 57.9 Å². The van der Waals surface area contributed by atoms with E-state index in [-0.39, 0.29) is 5.97 Å². The summed E-state index contributed by atoms with van der Waals surface area (Å²) in [6.07, 6.45) is 37.6. The van der Waals surface area contributed by atoms with Crippen LogP contribution in [0.1, 0.15) is 220 Å². The van der Waals surface area contributed by atoms with Gasteiger partial charge in [0, 0.05) is 19.3 Å². The predicted octanol–water partition coefficient (Wildman–Crippen LogP) is 13.0. The van der Waals surface area contributed by atoms with Gasteiger partial charge in [-0.1, -0.05) is 181 Å². The van der Waals surface area contributed by atoms with Crippen LogP contribution in [-0.2, 0) is 14.3 Å². The van der Waals surface area contributed by atoms with Crippen molar-refractivity contribution in [2.75, 3.05) is 27.2 Å². The number of carbonyl (C=O) groups excluding carboxylic acids is 2. The first kappa shape index (κ1) is 45.1. The summed E-state index contributed by atoms with van der Waals surface area (Å²) in [7, 11) is 4.16. The molecule has 0 radical (unpaired) electrons. The van der Waals surface area contributed by atoms with E-state index in [9.17, 15) is 9.59 Å². The minimum absolute atomic E-state index is 0.00595. The molecule has 0 spiro atoms. The van der Waals surface area contributed by atoms with E-state index in [0.29, 0.717) is 30.6 Å². The fourth-order valence-corrected chi connectivity index (χ4v) is 6.91. The third-order valence-electron chi connectivity index (χ3n) is 10.0. The van der Waals surface area contributed by atoms with Crippen molar-refractivity contribution >= 4 is 11.8 Å². The second-order valence-electron chi connectivity index (χ2n) is 15.0. The van der Waals surface area contributed by atoms with Gasteiger partial charge in [0.2, 0.25) is 0 Å². The minimum Gasteiger partial charge on any atom is -0.466 e. The number of ether oxygens (including phenoxy) is 1. The standard InChI is InChI=1S/C42H83NO3/c1-6-9-12-15-18-21-25-31-40(38-41(44)33-28-36-43(4)5)32-26-22-27-34-42(45)46-37-35-39(29-23-19-16-13-10-7-2)30-24-20-17-14-11-8-3/h39-40H,6-38H2,1-5H3. The Hall–Kier alpha value is -0.900. The Morgan fingerprint density at radius 2 is 0.891 bits per heavy atom. The van der Waals surface area contributed by atoms with Crippen LogP contribution in [0.5, 0.6) is 0 Å². The maximum Gasteiger partial charge on any atom is 0.305 e. The summed E-state index contributed by atoms with van der Waals surface area (Å²) in [5.74, 6) is 1.67. The Labute approximate surface area is 289 Å². The molecule has 0 bridgehead atoms. The van der Waals surface area contributed by atoms with Crippen molar-refractivity contribution in [1.82, 2.24) is 4.90 Å². The summed E-state index contributed by atoms with van der Waals surface area (Å²) < 4.78 is 5.74. The van der Waals surface area contributed by atoms with Crippen molar-refractivity contribution < 1.29 is 14.3 Å². The van der Waals surface area contributed by atoms with Crippen LogP contribution < -0.4 is 0 Å². The SMILES string of the molecule is CCCCCCCCCC(CCCCCC(=O)OCCC(CCCCCCCC)CCCCCCCC)CC(=O)CCCN(C)C. The zero-order valence-electron chi connectivity index (χ0n) is 32.2. The molecule has 0 saturated heterocycles. The maximum atomic E-state index is 12.7. The molecule has 0 aliphatic rings. The molecule has 4 heteroatoms. The van der Waals surface area contributed by atoms with E-state index in [1.165, 1.54) is 141 Å². The zero-order valence-corrected chi connectivity index (χ0v) is 32.2. The molecule has 274 valence electrons. The molecule has 0 amide bonds. The van der Waals surface area contributed by atoms with Gasteiger partial charge in [0.25, 0.3) is 0 Å². The molecule has 0 rings (SSSR count). The molecule has 0 saturated carbocycles. The Balaban J connectivity index is 4.37. The Morgan fingerprint density at radius 1 is 0.478 bits per heavy atom. The van der Waals surface area contributed by atoms with Crippen molar-refractivity contribution in [2.45, 2.75) is 220 Å². The fraction of sp³-hybridized carbons (Fsp3) is 0.952. The number of nitrogens with zero attached hydrogens (tertiary/aromatic N) is 1. The topological polar surface area (TPSA) is 46.6 Å². The molecule has 1 atom stereocenters. The summed E-state index contributed by atoms with van der Waals surface area (Å²) in [5, 5.41) is 0. The summed E-state index contributed by atoms with van der Waals surface area (Å²) in [6.45, 7) is 8.43. The number of hydrogen-bond acceptors (Lipinski definition) is 4. The normalized spacial score (nSPS) is 12.3. The predicted molar refractivity (Wildman–Crippen MR) is 202 cm³/mol. The lowest BCUT2D eigenvalue weighted by molar-refractivity contribution is -0.144. The third-order valence-corrected chi connectivity index (χ3v) is 10.0. The number of rotatable bonds is 37. The lowest BCUT2D eigenvalue weighted by Crippen LogP contribution is -2.15. The quantitative estimate of drug-likeness (QED) is 0.0496. The van der Waals surface area contributed by atoms with Gasteiger partial charge in [-0.05, 0) is 51.7 Å². The maximum absolute atomic E-state index is 12.7. The minimum atomic E-state index is -0.00595.